The Morgan fingerprint density at radius 2 is 1.90 bits per heavy atom. The fourth-order valence-electron chi connectivity index (χ4n) is 2.11. The highest BCUT2D eigenvalue weighted by Gasteiger charge is 2.11. The van der Waals surface area contributed by atoms with E-state index in [0.29, 0.717) is 5.89 Å². The Bertz CT molecular complexity index is 751. The van der Waals surface area contributed by atoms with Gasteiger partial charge in [0.2, 0.25) is 5.89 Å². The largest absolute Gasteiger partial charge is 0.439 e. The number of benzene rings is 2. The molecule has 20 heavy (non-hydrogen) atoms. The molecule has 3 rings (SSSR count). The molecule has 1 N–H and O–H groups in total. The molecule has 0 bridgehead atoms. The van der Waals surface area contributed by atoms with E-state index >= 15 is 0 Å². The lowest BCUT2D eigenvalue weighted by Crippen LogP contribution is -2.12. The van der Waals surface area contributed by atoms with Crippen LogP contribution in [0.4, 0.5) is 0 Å². The second-order valence-corrected chi connectivity index (χ2v) is 5.70. The zero-order valence-corrected chi connectivity index (χ0v) is 12.9. The Hall–Kier alpha value is -1.65. The van der Waals surface area contributed by atoms with Crippen molar-refractivity contribution >= 4 is 26.7 Å². The summed E-state index contributed by atoms with van der Waals surface area (Å²) >= 11 is 3.49. The minimum atomic E-state index is 0.111. The maximum Gasteiger partial charge on any atom is 0.211 e. The van der Waals surface area contributed by atoms with Gasteiger partial charge in [0, 0.05) is 10.0 Å². The Morgan fingerprint density at radius 3 is 2.70 bits per heavy atom. The van der Waals surface area contributed by atoms with E-state index in [9.17, 15) is 0 Å². The molecule has 3 nitrogen and oxygen atoms in total. The standard InChI is InChI=1S/C16H15BrN2O/c1-10(18-2)16-19-9-15(20-16)13-4-3-12-8-14(17)6-5-11(12)7-13/h3-10,18H,1-2H3. The first-order valence-electron chi connectivity index (χ1n) is 6.50. The van der Waals surface area contributed by atoms with Gasteiger partial charge in [0.1, 0.15) is 0 Å². The summed E-state index contributed by atoms with van der Waals surface area (Å²) in [5.74, 6) is 1.50. The van der Waals surface area contributed by atoms with Crippen LogP contribution in [0.1, 0.15) is 18.9 Å². The highest BCUT2D eigenvalue weighted by Crippen LogP contribution is 2.27. The predicted octanol–water partition coefficient (Wildman–Crippen LogP) is 4.54. The zero-order chi connectivity index (χ0) is 14.1. The van der Waals surface area contributed by atoms with Gasteiger partial charge in [0.05, 0.1) is 12.2 Å². The van der Waals surface area contributed by atoms with Gasteiger partial charge < -0.3 is 9.73 Å². The molecule has 0 aliphatic rings. The summed E-state index contributed by atoms with van der Waals surface area (Å²) in [7, 11) is 1.89. The molecule has 2 aromatic carbocycles. The molecule has 0 aliphatic carbocycles. The fraction of sp³-hybridized carbons (Fsp3) is 0.188. The van der Waals surface area contributed by atoms with Crippen LogP contribution in [0.3, 0.4) is 0 Å². The lowest BCUT2D eigenvalue weighted by atomic mass is 10.1. The Morgan fingerprint density at radius 1 is 1.15 bits per heavy atom. The van der Waals surface area contributed by atoms with Gasteiger partial charge in [-0.1, -0.05) is 34.1 Å². The SMILES string of the molecule is CNC(C)c1ncc(-c2ccc3cc(Br)ccc3c2)o1. The zero-order valence-electron chi connectivity index (χ0n) is 11.4. The highest BCUT2D eigenvalue weighted by molar-refractivity contribution is 9.10. The second kappa shape index (κ2) is 5.38. The van der Waals surface area contributed by atoms with Crippen molar-refractivity contribution in [2.75, 3.05) is 7.05 Å². The molecule has 0 aliphatic heterocycles. The molecule has 102 valence electrons. The van der Waals surface area contributed by atoms with Crippen LogP contribution in [0.25, 0.3) is 22.1 Å². The number of rotatable bonds is 3. The van der Waals surface area contributed by atoms with E-state index in [-0.39, 0.29) is 6.04 Å². The van der Waals surface area contributed by atoms with Crippen LogP contribution in [0.2, 0.25) is 0 Å². The molecular formula is C16H15BrN2O. The lowest BCUT2D eigenvalue weighted by Gasteiger charge is -2.04. The number of oxazole rings is 1. The third-order valence-electron chi connectivity index (χ3n) is 3.41. The van der Waals surface area contributed by atoms with E-state index in [1.165, 1.54) is 10.8 Å². The second-order valence-electron chi connectivity index (χ2n) is 4.78. The molecule has 3 aromatic rings. The van der Waals surface area contributed by atoms with Gasteiger partial charge in [-0.15, -0.1) is 0 Å². The first-order valence-corrected chi connectivity index (χ1v) is 7.29. The molecule has 0 saturated carbocycles. The molecule has 1 atom stereocenters. The molecular weight excluding hydrogens is 316 g/mol. The van der Waals surface area contributed by atoms with Crippen LogP contribution in [0.15, 0.2) is 51.5 Å². The average molecular weight is 331 g/mol. The van der Waals surface area contributed by atoms with E-state index < -0.39 is 0 Å². The smallest absolute Gasteiger partial charge is 0.211 e. The maximum atomic E-state index is 5.81. The number of halogens is 1. The Balaban J connectivity index is 2.01. The predicted molar refractivity (Wildman–Crippen MR) is 84.6 cm³/mol. The summed E-state index contributed by atoms with van der Waals surface area (Å²) in [6.45, 7) is 2.02. The van der Waals surface area contributed by atoms with Gasteiger partial charge >= 0.3 is 0 Å². The summed E-state index contributed by atoms with van der Waals surface area (Å²) in [6.07, 6.45) is 1.78. The van der Waals surface area contributed by atoms with Gasteiger partial charge in [-0.3, -0.25) is 0 Å². The van der Waals surface area contributed by atoms with E-state index in [1.54, 1.807) is 6.20 Å². The molecule has 1 unspecified atom stereocenters. The summed E-state index contributed by atoms with van der Waals surface area (Å²) < 4.78 is 6.90. The number of fused-ring (bicyclic) bond motifs is 1. The summed E-state index contributed by atoms with van der Waals surface area (Å²) in [5, 5.41) is 5.51. The van der Waals surface area contributed by atoms with Gasteiger partial charge in [0.15, 0.2) is 5.76 Å². The lowest BCUT2D eigenvalue weighted by molar-refractivity contribution is 0.441. The Kier molecular flexibility index (Phi) is 3.59. The van der Waals surface area contributed by atoms with E-state index in [2.05, 4.69) is 56.6 Å². The van der Waals surface area contributed by atoms with Crippen molar-refractivity contribution in [2.45, 2.75) is 13.0 Å². The van der Waals surface area contributed by atoms with Crippen LogP contribution in [-0.2, 0) is 0 Å². The van der Waals surface area contributed by atoms with Crippen LogP contribution >= 0.6 is 15.9 Å². The maximum absolute atomic E-state index is 5.81. The highest BCUT2D eigenvalue weighted by atomic mass is 79.9. The van der Waals surface area contributed by atoms with Crippen molar-refractivity contribution in [1.29, 1.82) is 0 Å². The normalized spacial score (nSPS) is 12.8. The van der Waals surface area contributed by atoms with Crippen molar-refractivity contribution in [3.05, 3.63) is 53.0 Å². The summed E-state index contributed by atoms with van der Waals surface area (Å²) in [6, 6.07) is 12.6. The fourth-order valence-corrected chi connectivity index (χ4v) is 2.49. The van der Waals surface area contributed by atoms with Crippen molar-refractivity contribution in [1.82, 2.24) is 10.3 Å². The summed E-state index contributed by atoms with van der Waals surface area (Å²) in [5.41, 5.74) is 1.04. The Labute approximate surface area is 126 Å². The average Bonchev–Trinajstić information content (AvgIpc) is 2.95. The molecule has 1 heterocycles. The number of nitrogens with one attached hydrogen (secondary N) is 1. The topological polar surface area (TPSA) is 38.1 Å². The third-order valence-corrected chi connectivity index (χ3v) is 3.91. The van der Waals surface area contributed by atoms with E-state index in [0.717, 1.165) is 15.8 Å². The molecule has 0 spiro atoms. The first-order chi connectivity index (χ1) is 9.67. The molecule has 1 aromatic heterocycles. The van der Waals surface area contributed by atoms with E-state index in [1.807, 2.05) is 20.0 Å². The molecule has 4 heteroatoms. The van der Waals surface area contributed by atoms with Crippen molar-refractivity contribution < 1.29 is 4.42 Å². The van der Waals surface area contributed by atoms with Crippen molar-refractivity contribution in [2.24, 2.45) is 0 Å². The molecule has 0 radical (unpaired) electrons. The molecule has 0 fully saturated rings. The van der Waals surface area contributed by atoms with Crippen LogP contribution in [0.5, 0.6) is 0 Å². The van der Waals surface area contributed by atoms with Crippen LogP contribution in [0, 0.1) is 0 Å². The number of hydrogen-bond acceptors (Lipinski definition) is 3. The molecule has 0 saturated heterocycles. The van der Waals surface area contributed by atoms with Gasteiger partial charge in [-0.05, 0) is 42.9 Å². The van der Waals surface area contributed by atoms with Gasteiger partial charge in [-0.2, -0.15) is 0 Å². The number of hydrogen-bond donors (Lipinski definition) is 1. The van der Waals surface area contributed by atoms with Gasteiger partial charge in [-0.25, -0.2) is 4.98 Å². The minimum absolute atomic E-state index is 0.111. The van der Waals surface area contributed by atoms with Crippen LogP contribution < -0.4 is 5.32 Å². The third kappa shape index (κ3) is 2.49. The van der Waals surface area contributed by atoms with Crippen LogP contribution in [-0.4, -0.2) is 12.0 Å². The van der Waals surface area contributed by atoms with E-state index in [4.69, 9.17) is 4.42 Å². The minimum Gasteiger partial charge on any atom is -0.439 e. The molecule has 0 amide bonds. The number of aromatic nitrogens is 1. The quantitative estimate of drug-likeness (QED) is 0.766. The number of nitrogens with zero attached hydrogens (tertiary/aromatic N) is 1. The van der Waals surface area contributed by atoms with Gasteiger partial charge in [0.25, 0.3) is 0 Å². The monoisotopic (exact) mass is 330 g/mol. The van der Waals surface area contributed by atoms with Crippen molar-refractivity contribution in [3.8, 4) is 11.3 Å². The summed E-state index contributed by atoms with van der Waals surface area (Å²) in [4.78, 5) is 4.32. The first kappa shape index (κ1) is 13.3. The van der Waals surface area contributed by atoms with Crippen molar-refractivity contribution in [3.63, 3.8) is 0 Å².